The maximum Gasteiger partial charge on any atom is 0.418 e. The summed E-state index contributed by atoms with van der Waals surface area (Å²) in [7, 11) is 7.92. The lowest BCUT2D eigenvalue weighted by atomic mass is 10.0. The van der Waals surface area contributed by atoms with Crippen LogP contribution >= 0.6 is 96.7 Å². The van der Waals surface area contributed by atoms with E-state index in [-0.39, 0.29) is 73.8 Å². The maximum atomic E-state index is 13.6. The van der Waals surface area contributed by atoms with E-state index in [1.165, 1.54) is 48.5 Å². The number of nitrogens with zero attached hydrogens (tertiary/aromatic N) is 20. The third-order valence-electron chi connectivity index (χ3n) is 27.9. The summed E-state index contributed by atoms with van der Waals surface area (Å²) in [6.07, 6.45) is -2.48. The van der Waals surface area contributed by atoms with E-state index in [0.717, 1.165) is 239 Å². The molecular formula is C100H120Cl4F12N24S4. The molecule has 0 radical (unpaired) electrons. The van der Waals surface area contributed by atoms with E-state index in [2.05, 4.69) is 108 Å². The van der Waals surface area contributed by atoms with E-state index in [0.29, 0.717) is 72.6 Å². The average molecular weight is 2160 g/mol. The number of anilines is 4. The summed E-state index contributed by atoms with van der Waals surface area (Å²) in [6, 6.07) is 39.9. The largest absolute Gasteiger partial charge is 0.418 e. The highest BCUT2D eigenvalue weighted by atomic mass is 35.5. The standard InChI is InChI=1S/4C25H29F3N6S.4ClH/c4*1-17-8-9-18(14-29-17)23-30-31-24(32(23)2)35-13-5-11-33-15-19-10-12-34(22(19)16-33)21-7-4-3-6-20(21)25(26,27)28;;;;/h4*3-4,6-9,14,19,22,30H,1,5,10-13,15-16H2,2H3;4*1H/t4*19-,22+;;;;/m1100..../s1. The number of aromatic nitrogens is 4. The zero-order valence-electron chi connectivity index (χ0n) is 80.2. The molecule has 20 rings (SSSR count). The zero-order valence-corrected chi connectivity index (χ0v) is 86.7. The number of fused-ring (bicyclic) bond motifs is 4. The Bertz CT molecular complexity index is 5550. The minimum absolute atomic E-state index is 0. The van der Waals surface area contributed by atoms with Crippen LogP contribution in [0.25, 0.3) is 49.6 Å². The first-order valence-corrected chi connectivity index (χ1v) is 51.2. The second-order valence-corrected chi connectivity index (χ2v) is 41.2. The molecule has 8 aromatic rings. The Morgan fingerprint density at radius 3 is 0.681 bits per heavy atom. The minimum atomic E-state index is -4.33. The van der Waals surface area contributed by atoms with Crippen molar-refractivity contribution >= 4 is 190 Å². The predicted molar refractivity (Wildman–Crippen MR) is 569 cm³/mol. The average Bonchev–Trinajstić information content (AvgIpc) is 1.62. The third-order valence-corrected chi connectivity index (χ3v) is 32.3. The molecule has 24 nitrogen and oxygen atoms in total. The fourth-order valence-electron chi connectivity index (χ4n) is 21.0. The predicted octanol–water partition coefficient (Wildman–Crippen LogP) is 12.6. The van der Waals surface area contributed by atoms with Gasteiger partial charge in [-0.1, -0.05) is 122 Å². The van der Waals surface area contributed by atoms with Crippen molar-refractivity contribution < 1.29 is 52.7 Å². The van der Waals surface area contributed by atoms with E-state index in [9.17, 15) is 52.7 Å². The molecule has 0 saturated carbocycles. The van der Waals surface area contributed by atoms with Crippen molar-refractivity contribution in [2.75, 3.05) is 176 Å². The SMILES string of the molecule is C=c1ccc(=C2NN=C(SCCCN3C[C@@H]4CCN(c5ccccc5C(F)(F)F)[C@@H]4C3)N2C)cn1.C=c1ccc(=C2NN=C(SCCCN3C[C@@H]4CCN(c5ccccc5C(F)(F)F)[C@@H]4C3)N2C)cn1.C=c1ccc(=C2NN=C(SCCCN3C[C@H]4CCN(c5ccccc5C(F)(F)F)[C@H]4C3)N2C)cn1.C=c1ccc(=C2NN=C(SCCCN3C[C@H]4CCN(c5ccccc5C(F)(F)F)[C@H]4C3)N2C)cn1.Cl.Cl.Cl.Cl. The van der Waals surface area contributed by atoms with Gasteiger partial charge in [-0.05, 0) is 198 Å². The van der Waals surface area contributed by atoms with Gasteiger partial charge in [0.2, 0.25) is 0 Å². The van der Waals surface area contributed by atoms with Gasteiger partial charge >= 0.3 is 24.7 Å². The fourth-order valence-corrected chi connectivity index (χ4v) is 24.4. The smallest absolute Gasteiger partial charge is 0.366 e. The molecule has 144 heavy (non-hydrogen) atoms. The molecule has 0 aliphatic carbocycles. The summed E-state index contributed by atoms with van der Waals surface area (Å²) in [4.78, 5) is 42.7. The zero-order chi connectivity index (χ0) is 98.3. The summed E-state index contributed by atoms with van der Waals surface area (Å²) in [5, 5.41) is 28.2. The third kappa shape index (κ3) is 26.3. The van der Waals surface area contributed by atoms with Crippen LogP contribution in [0, 0.1) is 23.7 Å². The Hall–Kier alpha value is -9.72. The number of alkyl halides is 12. The summed E-state index contributed by atoms with van der Waals surface area (Å²) in [5.41, 5.74) is 11.6. The fraction of sp³-hybridized carbons (Fsp3) is 0.440. The normalized spacial score (nSPS) is 23.4. The number of nitrogens with one attached hydrogen (secondary N) is 4. The molecule has 12 aliphatic rings. The van der Waals surface area contributed by atoms with Crippen LogP contribution in [0.4, 0.5) is 75.4 Å². The van der Waals surface area contributed by atoms with Gasteiger partial charge in [-0.15, -0.1) is 70.0 Å². The summed E-state index contributed by atoms with van der Waals surface area (Å²) in [5.74, 6) is 8.95. The Labute approximate surface area is 871 Å². The quantitative estimate of drug-likeness (QED) is 0.0416. The first-order valence-electron chi connectivity index (χ1n) is 47.3. The van der Waals surface area contributed by atoms with Gasteiger partial charge < -0.3 is 58.8 Å². The van der Waals surface area contributed by atoms with Crippen LogP contribution < -0.4 is 83.6 Å². The maximum absolute atomic E-state index is 13.6. The van der Waals surface area contributed by atoms with Gasteiger partial charge in [0, 0.05) is 222 Å². The first-order chi connectivity index (χ1) is 67.2. The molecule has 44 heteroatoms. The Balaban J connectivity index is 0.000000159. The van der Waals surface area contributed by atoms with Crippen molar-refractivity contribution in [3.8, 4) is 0 Å². The minimum Gasteiger partial charge on any atom is -0.366 e. The number of para-hydroxylation sites is 4. The van der Waals surface area contributed by atoms with Crippen LogP contribution in [0.3, 0.4) is 0 Å². The number of hydrogen-bond acceptors (Lipinski definition) is 28. The Kier molecular flexibility index (Phi) is 37.9. The second-order valence-electron chi connectivity index (χ2n) is 37.0. The number of benzene rings is 4. The molecule has 16 heterocycles. The highest BCUT2D eigenvalue weighted by molar-refractivity contribution is 8.14. The highest BCUT2D eigenvalue weighted by Crippen LogP contribution is 2.48. The van der Waals surface area contributed by atoms with Crippen molar-refractivity contribution in [1.29, 1.82) is 0 Å². The van der Waals surface area contributed by atoms with Crippen molar-refractivity contribution in [2.24, 2.45) is 44.1 Å². The van der Waals surface area contributed by atoms with Gasteiger partial charge in [0.05, 0.1) is 43.7 Å². The van der Waals surface area contributed by atoms with Crippen LogP contribution in [-0.4, -0.2) is 260 Å². The lowest BCUT2D eigenvalue weighted by Gasteiger charge is -2.29. The number of amidine groups is 4. The monoisotopic (exact) mass is 2150 g/mol. The van der Waals surface area contributed by atoms with Crippen LogP contribution in [0.5, 0.6) is 0 Å². The number of halogens is 16. The van der Waals surface area contributed by atoms with Crippen molar-refractivity contribution in [2.45, 2.75) is 100 Å². The highest BCUT2D eigenvalue weighted by Gasteiger charge is 2.50. The van der Waals surface area contributed by atoms with Crippen LogP contribution in [0.1, 0.15) is 73.6 Å². The number of hydrazone groups is 4. The summed E-state index contributed by atoms with van der Waals surface area (Å²) in [6.45, 7) is 28.9. The van der Waals surface area contributed by atoms with Crippen LogP contribution in [-0.2, 0) is 24.7 Å². The number of pyridine rings is 4. The number of likely N-dealkylation sites (tertiary alicyclic amines) is 4. The molecule has 0 amide bonds. The molecule has 4 aromatic carbocycles. The molecule has 8 atom stereocenters. The molecule has 4 aromatic heterocycles. The number of thioether (sulfide) groups is 4. The molecule has 8 fully saturated rings. The molecule has 8 saturated heterocycles. The van der Waals surface area contributed by atoms with E-state index in [1.54, 1.807) is 120 Å². The Morgan fingerprint density at radius 1 is 0.292 bits per heavy atom. The van der Waals surface area contributed by atoms with Crippen molar-refractivity contribution in [1.82, 2.24) is 80.8 Å². The van der Waals surface area contributed by atoms with E-state index in [4.69, 9.17) is 0 Å². The van der Waals surface area contributed by atoms with Gasteiger partial charge in [-0.25, -0.2) is 0 Å². The van der Waals surface area contributed by atoms with Crippen LogP contribution in [0.15, 0.2) is 191 Å². The molecule has 0 spiro atoms. The summed E-state index contributed by atoms with van der Waals surface area (Å²) < 4.78 is 163. The second kappa shape index (κ2) is 48.9. The van der Waals surface area contributed by atoms with E-state index < -0.39 is 47.0 Å². The lowest BCUT2D eigenvalue weighted by Crippen LogP contribution is -2.36. The number of rotatable bonds is 20. The Morgan fingerprint density at radius 2 is 0.493 bits per heavy atom. The van der Waals surface area contributed by atoms with E-state index in [1.807, 2.05) is 116 Å². The van der Waals surface area contributed by atoms with Gasteiger partial charge in [0.1, 0.15) is 23.3 Å². The van der Waals surface area contributed by atoms with Gasteiger partial charge in [0.15, 0.2) is 20.7 Å². The molecule has 776 valence electrons. The van der Waals surface area contributed by atoms with Crippen molar-refractivity contribution in [3.63, 3.8) is 0 Å². The van der Waals surface area contributed by atoms with Crippen molar-refractivity contribution in [3.05, 3.63) is 235 Å². The topological polar surface area (TPSA) is 188 Å². The van der Waals surface area contributed by atoms with E-state index >= 15 is 0 Å². The lowest BCUT2D eigenvalue weighted by molar-refractivity contribution is -0.138. The molecule has 12 aliphatic heterocycles. The molecular weight excluding hydrogens is 2040 g/mol. The van der Waals surface area contributed by atoms with Gasteiger partial charge in [-0.3, -0.25) is 41.6 Å². The summed E-state index contributed by atoms with van der Waals surface area (Å²) >= 11 is 6.79. The molecule has 0 bridgehead atoms. The van der Waals surface area contributed by atoms with Crippen LogP contribution in [0.2, 0.25) is 0 Å². The molecule has 0 unspecified atom stereocenters. The van der Waals surface area contributed by atoms with Gasteiger partial charge in [0.25, 0.3) is 0 Å². The first kappa shape index (κ1) is 111. The molecule has 4 N–H and O–H groups in total. The van der Waals surface area contributed by atoms with Gasteiger partial charge in [-0.2, -0.15) is 52.7 Å². The number of hydrogen-bond donors (Lipinski definition) is 4.